The zero-order valence-corrected chi connectivity index (χ0v) is 13.2. The van der Waals surface area contributed by atoms with Gasteiger partial charge in [-0.2, -0.15) is 0 Å². The number of carbonyl (C=O) groups excluding carboxylic acids is 2. The second kappa shape index (κ2) is 6.37. The van der Waals surface area contributed by atoms with E-state index >= 15 is 0 Å². The molecule has 0 fully saturated rings. The number of fused-ring (bicyclic) bond motifs is 1. The van der Waals surface area contributed by atoms with E-state index in [1.807, 2.05) is 49.4 Å². The van der Waals surface area contributed by atoms with Crippen molar-refractivity contribution in [2.45, 2.75) is 38.5 Å². The number of ketones is 2. The van der Waals surface area contributed by atoms with Crippen molar-refractivity contribution in [1.82, 2.24) is 0 Å². The van der Waals surface area contributed by atoms with E-state index in [9.17, 15) is 14.7 Å². The van der Waals surface area contributed by atoms with Crippen LogP contribution in [0.25, 0.3) is 10.8 Å². The molecule has 0 heterocycles. The van der Waals surface area contributed by atoms with Gasteiger partial charge in [0.2, 0.25) is 0 Å². The van der Waals surface area contributed by atoms with Gasteiger partial charge in [-0.05, 0) is 28.7 Å². The molecule has 1 unspecified atom stereocenters. The summed E-state index contributed by atoms with van der Waals surface area (Å²) < 4.78 is 0. The largest absolute Gasteiger partial charge is 0.511 e. The van der Waals surface area contributed by atoms with Gasteiger partial charge in [-0.1, -0.05) is 49.4 Å². The quantitative estimate of drug-likeness (QED) is 0.848. The van der Waals surface area contributed by atoms with E-state index in [4.69, 9.17) is 0 Å². The van der Waals surface area contributed by atoms with E-state index < -0.39 is 0 Å². The van der Waals surface area contributed by atoms with Crippen LogP contribution in [0.4, 0.5) is 0 Å². The van der Waals surface area contributed by atoms with Crippen LogP contribution in [-0.4, -0.2) is 16.7 Å². The summed E-state index contributed by atoms with van der Waals surface area (Å²) in [7, 11) is 0. The van der Waals surface area contributed by atoms with Crippen molar-refractivity contribution in [2.24, 2.45) is 0 Å². The molecule has 1 N–H and O–H groups in total. The summed E-state index contributed by atoms with van der Waals surface area (Å²) in [5, 5.41) is 12.5. The van der Waals surface area contributed by atoms with E-state index in [0.717, 1.165) is 16.3 Å². The van der Waals surface area contributed by atoms with Gasteiger partial charge in [0, 0.05) is 19.3 Å². The lowest BCUT2D eigenvalue weighted by Crippen LogP contribution is -2.23. The highest BCUT2D eigenvalue weighted by Crippen LogP contribution is 2.37. The molecule has 0 saturated heterocycles. The third kappa shape index (κ3) is 2.91. The van der Waals surface area contributed by atoms with Gasteiger partial charge in [-0.3, -0.25) is 9.59 Å². The average Bonchev–Trinajstić information content (AvgIpc) is 2.54. The third-order valence-electron chi connectivity index (χ3n) is 4.46. The summed E-state index contributed by atoms with van der Waals surface area (Å²) in [4.78, 5) is 24.4. The van der Waals surface area contributed by atoms with Crippen molar-refractivity contribution < 1.29 is 14.7 Å². The molecule has 23 heavy (non-hydrogen) atoms. The fourth-order valence-corrected chi connectivity index (χ4v) is 3.39. The van der Waals surface area contributed by atoms with Crippen LogP contribution in [0.15, 0.2) is 53.8 Å². The Morgan fingerprint density at radius 1 is 1.13 bits per heavy atom. The first-order chi connectivity index (χ1) is 11.1. The second-order valence-corrected chi connectivity index (χ2v) is 6.09. The van der Waals surface area contributed by atoms with Crippen LogP contribution in [0.1, 0.15) is 44.1 Å². The maximum Gasteiger partial charge on any atom is 0.170 e. The van der Waals surface area contributed by atoms with Gasteiger partial charge in [0.15, 0.2) is 11.6 Å². The van der Waals surface area contributed by atoms with Crippen LogP contribution < -0.4 is 0 Å². The minimum Gasteiger partial charge on any atom is -0.511 e. The van der Waals surface area contributed by atoms with Crippen molar-refractivity contribution in [3.05, 3.63) is 59.4 Å². The molecule has 1 aliphatic carbocycles. The van der Waals surface area contributed by atoms with Gasteiger partial charge < -0.3 is 5.11 Å². The van der Waals surface area contributed by atoms with Crippen LogP contribution in [0, 0.1) is 0 Å². The molecule has 2 aromatic rings. The molecule has 0 spiro atoms. The molecule has 3 rings (SSSR count). The first-order valence-electron chi connectivity index (χ1n) is 8.08. The van der Waals surface area contributed by atoms with Crippen molar-refractivity contribution in [3.63, 3.8) is 0 Å². The molecule has 1 atom stereocenters. The number of aliphatic hydroxyl groups excluding tert-OH is 1. The SMILES string of the molecule is CCCC(=O)C1=C(O)CC(c2cccc3ccccc23)CC1=O. The highest BCUT2D eigenvalue weighted by Gasteiger charge is 2.32. The summed E-state index contributed by atoms with van der Waals surface area (Å²) in [6.07, 6.45) is 1.62. The molecular formula is C20H20O3. The second-order valence-electron chi connectivity index (χ2n) is 6.09. The molecule has 3 heteroatoms. The summed E-state index contributed by atoms with van der Waals surface area (Å²) in [5.74, 6) is -0.582. The summed E-state index contributed by atoms with van der Waals surface area (Å²) in [6.45, 7) is 1.89. The van der Waals surface area contributed by atoms with Crippen molar-refractivity contribution >= 4 is 22.3 Å². The Morgan fingerprint density at radius 2 is 1.87 bits per heavy atom. The fourth-order valence-electron chi connectivity index (χ4n) is 3.39. The normalized spacial score (nSPS) is 18.5. The molecular weight excluding hydrogens is 288 g/mol. The van der Waals surface area contributed by atoms with E-state index in [2.05, 4.69) is 0 Å². The Labute approximate surface area is 135 Å². The van der Waals surface area contributed by atoms with Gasteiger partial charge >= 0.3 is 0 Å². The Kier molecular flexibility index (Phi) is 4.28. The topological polar surface area (TPSA) is 54.4 Å². The predicted molar refractivity (Wildman–Crippen MR) is 90.5 cm³/mol. The summed E-state index contributed by atoms with van der Waals surface area (Å²) in [5.41, 5.74) is 1.09. The van der Waals surface area contributed by atoms with Gasteiger partial charge in [0.1, 0.15) is 5.76 Å². The van der Waals surface area contributed by atoms with Gasteiger partial charge in [-0.15, -0.1) is 0 Å². The maximum absolute atomic E-state index is 12.4. The molecule has 0 saturated carbocycles. The summed E-state index contributed by atoms with van der Waals surface area (Å²) >= 11 is 0. The van der Waals surface area contributed by atoms with Crippen molar-refractivity contribution in [1.29, 1.82) is 0 Å². The molecule has 0 aliphatic heterocycles. The highest BCUT2D eigenvalue weighted by atomic mass is 16.3. The molecule has 118 valence electrons. The third-order valence-corrected chi connectivity index (χ3v) is 4.46. The highest BCUT2D eigenvalue weighted by molar-refractivity contribution is 6.21. The number of hydrogen-bond donors (Lipinski definition) is 1. The van der Waals surface area contributed by atoms with Gasteiger partial charge in [0.05, 0.1) is 5.57 Å². The van der Waals surface area contributed by atoms with Crippen LogP contribution in [0.3, 0.4) is 0 Å². The molecule has 2 aromatic carbocycles. The number of Topliss-reactive ketones (excluding diaryl/α,β-unsaturated/α-hetero) is 2. The monoisotopic (exact) mass is 308 g/mol. The van der Waals surface area contributed by atoms with E-state index in [-0.39, 0.29) is 35.2 Å². The lowest BCUT2D eigenvalue weighted by atomic mass is 9.79. The average molecular weight is 308 g/mol. The molecule has 0 aromatic heterocycles. The van der Waals surface area contributed by atoms with Crippen LogP contribution >= 0.6 is 0 Å². The number of aliphatic hydroxyl groups is 1. The van der Waals surface area contributed by atoms with Crippen molar-refractivity contribution in [3.8, 4) is 0 Å². The Hall–Kier alpha value is -2.42. The maximum atomic E-state index is 12.4. The van der Waals surface area contributed by atoms with E-state index in [0.29, 0.717) is 19.3 Å². The fraction of sp³-hybridized carbons (Fsp3) is 0.300. The van der Waals surface area contributed by atoms with E-state index in [1.54, 1.807) is 0 Å². The molecule has 3 nitrogen and oxygen atoms in total. The number of benzene rings is 2. The lowest BCUT2D eigenvalue weighted by Gasteiger charge is -2.24. The standard InChI is InChI=1S/C20H20O3/c1-2-6-17(21)20-18(22)11-14(12-19(20)23)16-10-5-8-13-7-3-4-9-15(13)16/h3-5,7-10,14,22H,2,6,11-12H2,1H3. The van der Waals surface area contributed by atoms with E-state index in [1.165, 1.54) is 0 Å². The lowest BCUT2D eigenvalue weighted by molar-refractivity contribution is -0.122. The van der Waals surface area contributed by atoms with Crippen LogP contribution in [-0.2, 0) is 9.59 Å². The Balaban J connectivity index is 1.98. The van der Waals surface area contributed by atoms with Crippen LogP contribution in [0.2, 0.25) is 0 Å². The minimum absolute atomic E-state index is 0.0309. The zero-order valence-electron chi connectivity index (χ0n) is 13.2. The smallest absolute Gasteiger partial charge is 0.170 e. The molecule has 0 bridgehead atoms. The zero-order chi connectivity index (χ0) is 16.4. The first kappa shape index (κ1) is 15.5. The Morgan fingerprint density at radius 3 is 2.61 bits per heavy atom. The molecule has 0 radical (unpaired) electrons. The predicted octanol–water partition coefficient (Wildman–Crippen LogP) is 4.47. The summed E-state index contributed by atoms with van der Waals surface area (Å²) in [6, 6.07) is 14.0. The number of rotatable bonds is 4. The van der Waals surface area contributed by atoms with Crippen molar-refractivity contribution in [2.75, 3.05) is 0 Å². The molecule has 1 aliphatic rings. The molecule has 0 amide bonds. The van der Waals surface area contributed by atoms with Gasteiger partial charge in [-0.25, -0.2) is 0 Å². The van der Waals surface area contributed by atoms with Gasteiger partial charge in [0.25, 0.3) is 0 Å². The van der Waals surface area contributed by atoms with Crippen LogP contribution in [0.5, 0.6) is 0 Å². The number of hydrogen-bond acceptors (Lipinski definition) is 3. The first-order valence-corrected chi connectivity index (χ1v) is 8.08. The Bertz CT molecular complexity index is 796. The number of allylic oxidation sites excluding steroid dienone is 2. The number of carbonyl (C=O) groups is 2. The minimum atomic E-state index is -0.231.